The van der Waals surface area contributed by atoms with Crippen LogP contribution < -0.4 is 15.4 Å². The van der Waals surface area contributed by atoms with Crippen molar-refractivity contribution >= 4 is 29.8 Å². The van der Waals surface area contributed by atoms with Gasteiger partial charge in [0.15, 0.2) is 29.8 Å². The summed E-state index contributed by atoms with van der Waals surface area (Å²) >= 11 is 0. The summed E-state index contributed by atoms with van der Waals surface area (Å²) in [6, 6.07) is 1.09. The van der Waals surface area contributed by atoms with Gasteiger partial charge in [-0.25, -0.2) is 9.59 Å². The molecule has 1 amide bonds. The number of ether oxygens (including phenoxy) is 3. The van der Waals surface area contributed by atoms with E-state index >= 15 is 0 Å². The minimum atomic E-state index is -2.07. The van der Waals surface area contributed by atoms with E-state index in [4.69, 9.17) is 24.4 Å². The number of aromatic hydroxyl groups is 1. The van der Waals surface area contributed by atoms with Gasteiger partial charge in [0.05, 0.1) is 23.9 Å². The average Bonchev–Trinajstić information content (AvgIpc) is 3.32. The topological polar surface area (TPSA) is 238 Å². The predicted molar refractivity (Wildman–Crippen MR) is 143 cm³/mol. The molecule has 15 nitrogen and oxygen atoms in total. The van der Waals surface area contributed by atoms with Crippen LogP contribution in [0.4, 0.5) is 0 Å². The number of hydrogen-bond donors (Lipinski definition) is 7. The number of aliphatic hydroxyl groups excluding tert-OH is 1. The summed E-state index contributed by atoms with van der Waals surface area (Å²) in [6.07, 6.45) is -4.13. The zero-order valence-corrected chi connectivity index (χ0v) is 23.7. The Morgan fingerprint density at radius 1 is 1.16 bits per heavy atom. The quantitative estimate of drug-likeness (QED) is 0.145. The first-order valence-corrected chi connectivity index (χ1v) is 13.7. The summed E-state index contributed by atoms with van der Waals surface area (Å²) in [7, 11) is 1.73. The molecule has 7 N–H and O–H groups in total. The second-order valence-corrected chi connectivity index (χ2v) is 10.8. The molecule has 15 heteroatoms. The van der Waals surface area contributed by atoms with E-state index in [1.54, 1.807) is 13.1 Å². The molecule has 43 heavy (non-hydrogen) atoms. The number of rotatable bonds is 12. The summed E-state index contributed by atoms with van der Waals surface area (Å²) < 4.78 is 16.5. The predicted octanol–water partition coefficient (Wildman–Crippen LogP) is -0.766. The molecule has 7 atom stereocenters. The molecule has 0 fully saturated rings. The number of hydrogen-bond acceptors (Lipinski definition) is 12. The first-order chi connectivity index (χ1) is 20.2. The number of aliphatic carboxylic acids is 2. The number of carboxylic acids is 2. The molecular formula is C28H34N2O13. The number of benzene rings is 1. The first kappa shape index (κ1) is 31.7. The van der Waals surface area contributed by atoms with Gasteiger partial charge in [-0.05, 0) is 44.5 Å². The Morgan fingerprint density at radius 3 is 2.47 bits per heavy atom. The Kier molecular flexibility index (Phi) is 8.72. The third-order valence-electron chi connectivity index (χ3n) is 8.42. The third-order valence-corrected chi connectivity index (χ3v) is 8.42. The van der Waals surface area contributed by atoms with Gasteiger partial charge in [-0.1, -0.05) is 13.0 Å². The number of nitrogens with one attached hydrogen (secondary N) is 2. The van der Waals surface area contributed by atoms with Crippen LogP contribution in [0.3, 0.4) is 0 Å². The van der Waals surface area contributed by atoms with E-state index in [1.165, 1.54) is 12.1 Å². The van der Waals surface area contributed by atoms with Crippen LogP contribution >= 0.6 is 0 Å². The largest absolute Gasteiger partial charge is 0.504 e. The number of carbonyl (C=O) groups is 5. The highest BCUT2D eigenvalue weighted by atomic mass is 16.6. The van der Waals surface area contributed by atoms with Gasteiger partial charge in [0.2, 0.25) is 0 Å². The highest BCUT2D eigenvalue weighted by Gasteiger charge is 2.69. The molecule has 0 unspecified atom stereocenters. The highest BCUT2D eigenvalue weighted by Crippen LogP contribution is 2.63. The molecule has 2 aliphatic carbocycles. The average molecular weight is 607 g/mol. The van der Waals surface area contributed by atoms with Gasteiger partial charge >= 0.3 is 23.9 Å². The molecule has 0 aromatic heterocycles. The molecule has 1 aliphatic heterocycles. The number of phenols is 1. The lowest BCUT2D eigenvalue weighted by Crippen LogP contribution is -2.70. The van der Waals surface area contributed by atoms with Crippen molar-refractivity contribution in [2.75, 3.05) is 7.05 Å². The maximum Gasteiger partial charge on any atom is 0.336 e. The number of aliphatic hydroxyl groups is 2. The molecule has 234 valence electrons. The highest BCUT2D eigenvalue weighted by molar-refractivity contribution is 5.90. The summed E-state index contributed by atoms with van der Waals surface area (Å²) in [6.45, 7) is 2.92. The van der Waals surface area contributed by atoms with Crippen LogP contribution in [0, 0.1) is 0 Å². The van der Waals surface area contributed by atoms with Crippen molar-refractivity contribution < 1.29 is 63.7 Å². The summed E-state index contributed by atoms with van der Waals surface area (Å²) in [5, 5.41) is 55.9. The lowest BCUT2D eigenvalue weighted by Gasteiger charge is -2.56. The molecule has 4 rings (SSSR count). The Hall–Kier alpha value is -4.21. The van der Waals surface area contributed by atoms with Gasteiger partial charge in [-0.15, -0.1) is 0 Å². The molecule has 3 aliphatic rings. The van der Waals surface area contributed by atoms with Crippen molar-refractivity contribution in [2.24, 2.45) is 0 Å². The van der Waals surface area contributed by atoms with Gasteiger partial charge < -0.3 is 50.4 Å². The van der Waals surface area contributed by atoms with Crippen LogP contribution in [0.5, 0.6) is 11.5 Å². The molecular weight excluding hydrogens is 572 g/mol. The van der Waals surface area contributed by atoms with Crippen LogP contribution in [0.25, 0.3) is 0 Å². The molecule has 1 aromatic rings. The minimum absolute atomic E-state index is 0.0290. The second-order valence-electron chi connectivity index (χ2n) is 10.8. The number of carbonyl (C=O) groups excluding carboxylic acids is 3. The maximum absolute atomic E-state index is 12.8. The van der Waals surface area contributed by atoms with E-state index in [0.717, 1.165) is 12.5 Å². The van der Waals surface area contributed by atoms with Gasteiger partial charge in [0.1, 0.15) is 11.8 Å². The van der Waals surface area contributed by atoms with Crippen molar-refractivity contribution in [3.05, 3.63) is 35.1 Å². The van der Waals surface area contributed by atoms with Crippen molar-refractivity contribution in [1.82, 2.24) is 10.6 Å². The second kappa shape index (κ2) is 11.8. The smallest absolute Gasteiger partial charge is 0.336 e. The third kappa shape index (κ3) is 5.39. The number of likely N-dealkylation sites (N-methyl/N-ethyl adjacent to an activating group) is 1. The maximum atomic E-state index is 12.8. The van der Waals surface area contributed by atoms with E-state index in [-0.39, 0.29) is 29.7 Å². The van der Waals surface area contributed by atoms with Crippen molar-refractivity contribution in [2.45, 2.75) is 87.4 Å². The van der Waals surface area contributed by atoms with Crippen LogP contribution in [0.1, 0.15) is 50.7 Å². The number of esters is 2. The molecule has 0 radical (unpaired) electrons. The Labute approximate surface area is 245 Å². The fourth-order valence-corrected chi connectivity index (χ4v) is 6.36. The van der Waals surface area contributed by atoms with Crippen LogP contribution in [-0.2, 0) is 45.3 Å². The normalized spacial score (nSPS) is 27.0. The zero-order chi connectivity index (χ0) is 31.9. The van der Waals surface area contributed by atoms with Crippen molar-refractivity contribution in [1.29, 1.82) is 0 Å². The summed E-state index contributed by atoms with van der Waals surface area (Å²) in [5.41, 5.74) is -0.961. The Morgan fingerprint density at radius 2 is 1.86 bits per heavy atom. The van der Waals surface area contributed by atoms with Crippen LogP contribution in [0.2, 0.25) is 0 Å². The van der Waals surface area contributed by atoms with Crippen LogP contribution in [0.15, 0.2) is 24.0 Å². The number of phenolic OH excluding ortho intramolecular Hbond substituents is 1. The monoisotopic (exact) mass is 606 g/mol. The number of carboxylic acid groups (broad SMARTS) is 2. The summed E-state index contributed by atoms with van der Waals surface area (Å²) in [4.78, 5) is 59.4. The zero-order valence-electron chi connectivity index (χ0n) is 23.7. The van der Waals surface area contributed by atoms with Gasteiger partial charge in [0.25, 0.3) is 5.91 Å². The Bertz CT molecular complexity index is 1380. The molecule has 1 aromatic carbocycles. The van der Waals surface area contributed by atoms with Crippen molar-refractivity contribution in [3.8, 4) is 11.5 Å². The molecule has 0 spiro atoms. The van der Waals surface area contributed by atoms with Gasteiger partial charge in [-0.3, -0.25) is 14.4 Å². The fourth-order valence-electron chi connectivity index (χ4n) is 6.36. The standard InChI is InChI=1S/C28H34N2O13/c1-4-27-21-13-5-6-15(31)22(21)43-23(27)17(7-8-28(27,40)18(9-13)29-3)42-20(35)11-16(32)26(39)41-12(2)24(36)30-14(25(37)38)10-19(33)34/h5-7,12,14,16,18,23,29,31-32,40H,4,8-11H2,1-3H3,(H,30,36)(H,33,34)(H,37,38)/t12-,14+,16-,18+,23-,27-,28+/m0/s1. The van der Waals surface area contributed by atoms with Crippen LogP contribution in [-0.4, -0.2) is 98.4 Å². The van der Waals surface area contributed by atoms with E-state index in [1.807, 2.05) is 12.2 Å². The van der Waals surface area contributed by atoms with Gasteiger partial charge in [0, 0.05) is 18.0 Å². The molecule has 0 bridgehead atoms. The van der Waals surface area contributed by atoms with E-state index in [0.29, 0.717) is 18.4 Å². The molecule has 0 saturated heterocycles. The Balaban J connectivity index is 1.45. The SMILES string of the molecule is CC[C@]12c3c4ccc(O)c3O[C@H]1C(OC(=O)C[C@H](O)C(=O)O[C@@H](C)C(=O)N[C@H](CC(=O)O)C(=O)O)=CC[C@@]2(O)[C@H](NC)C4. The molecule has 1 heterocycles. The molecule has 0 saturated carbocycles. The van der Waals surface area contributed by atoms with Crippen molar-refractivity contribution in [3.63, 3.8) is 0 Å². The van der Waals surface area contributed by atoms with E-state index < -0.39 is 78.0 Å². The minimum Gasteiger partial charge on any atom is -0.504 e. The lowest BCUT2D eigenvalue weighted by molar-refractivity contribution is -0.167. The fraction of sp³-hybridized carbons (Fsp3) is 0.536. The van der Waals surface area contributed by atoms with E-state index in [9.17, 15) is 39.3 Å². The van der Waals surface area contributed by atoms with Gasteiger partial charge in [-0.2, -0.15) is 0 Å². The summed E-state index contributed by atoms with van der Waals surface area (Å²) in [5.74, 6) is -6.59. The lowest BCUT2D eigenvalue weighted by atomic mass is 9.52. The first-order valence-electron chi connectivity index (χ1n) is 13.7. The van der Waals surface area contributed by atoms with E-state index in [2.05, 4.69) is 5.32 Å². The number of amides is 1.